The fraction of sp³-hybridized carbons (Fsp3) is 0.214. The summed E-state index contributed by atoms with van der Waals surface area (Å²) in [5.74, 6) is -2.68. The van der Waals surface area contributed by atoms with E-state index in [1.165, 1.54) is 23.9 Å². The van der Waals surface area contributed by atoms with E-state index in [9.17, 15) is 13.6 Å². The summed E-state index contributed by atoms with van der Waals surface area (Å²) in [6.07, 6.45) is 0. The van der Waals surface area contributed by atoms with Gasteiger partial charge in [0.1, 0.15) is 22.8 Å². The van der Waals surface area contributed by atoms with Gasteiger partial charge in [-0.15, -0.1) is 0 Å². The molecule has 3 N–H and O–H groups in total. The summed E-state index contributed by atoms with van der Waals surface area (Å²) in [5.41, 5.74) is 5.60. The molecule has 0 fully saturated rings. The zero-order valence-corrected chi connectivity index (χ0v) is 12.2. The van der Waals surface area contributed by atoms with Crippen molar-refractivity contribution in [1.29, 1.82) is 5.26 Å². The molecule has 2 unspecified atom stereocenters. The third-order valence-corrected chi connectivity index (χ3v) is 4.99. The second-order valence-electron chi connectivity index (χ2n) is 4.90. The number of fused-ring (bicyclic) bond motifs is 1. The monoisotopic (exact) mass is 320 g/mol. The molecule has 0 aliphatic carbocycles. The highest BCUT2D eigenvalue weighted by molar-refractivity contribution is 8.09. The fourth-order valence-electron chi connectivity index (χ4n) is 2.54. The van der Waals surface area contributed by atoms with Crippen molar-refractivity contribution in [2.75, 3.05) is 0 Å². The van der Waals surface area contributed by atoms with Crippen LogP contribution in [0.4, 0.5) is 8.78 Å². The number of nitrogens with zero attached hydrogens (tertiary/aromatic N) is 2. The number of rotatable bonds is 1. The molecule has 1 aromatic carbocycles. The zero-order valence-electron chi connectivity index (χ0n) is 11.4. The first-order chi connectivity index (χ1) is 10.4. The number of carbonyl (C=O) groups is 1. The largest absolute Gasteiger partial charge is 0.370 e. The summed E-state index contributed by atoms with van der Waals surface area (Å²) in [6.45, 7) is 1.69. The highest BCUT2D eigenvalue weighted by Crippen LogP contribution is 2.49. The molecule has 0 bridgehead atoms. The third-order valence-electron chi connectivity index (χ3n) is 3.60. The van der Waals surface area contributed by atoms with E-state index in [4.69, 9.17) is 11.0 Å². The van der Waals surface area contributed by atoms with Gasteiger partial charge in [-0.25, -0.2) is 13.8 Å². The van der Waals surface area contributed by atoms with Crippen LogP contribution in [0.15, 0.2) is 22.7 Å². The Kier molecular flexibility index (Phi) is 3.37. The van der Waals surface area contributed by atoms with Crippen molar-refractivity contribution in [3.63, 3.8) is 0 Å². The predicted octanol–water partition coefficient (Wildman–Crippen LogP) is 1.70. The number of carbonyl (C=O) groups excluding carboxylic acids is 1. The van der Waals surface area contributed by atoms with Crippen molar-refractivity contribution >= 4 is 28.5 Å². The Morgan fingerprint density at radius 3 is 2.86 bits per heavy atom. The van der Waals surface area contributed by atoms with Gasteiger partial charge in [0.05, 0.1) is 5.92 Å². The standard InChI is InChI=1S/C14H10F2N4OS/c1-5-9-12(21)19-14(18)20-13(9)22-11(5)6-2-3-8(15)7(4-17)10(6)16/h2-3,9,13H,1H3,(H3,18,19,20,21). The lowest BCUT2D eigenvalue weighted by Gasteiger charge is -2.21. The molecule has 0 saturated carbocycles. The minimum atomic E-state index is -0.930. The van der Waals surface area contributed by atoms with E-state index in [1.54, 1.807) is 6.92 Å². The van der Waals surface area contributed by atoms with E-state index >= 15 is 0 Å². The molecule has 2 atom stereocenters. The lowest BCUT2D eigenvalue weighted by molar-refractivity contribution is -0.122. The highest BCUT2D eigenvalue weighted by Gasteiger charge is 2.42. The minimum Gasteiger partial charge on any atom is -0.370 e. The van der Waals surface area contributed by atoms with Gasteiger partial charge >= 0.3 is 0 Å². The van der Waals surface area contributed by atoms with Crippen LogP contribution < -0.4 is 11.1 Å². The van der Waals surface area contributed by atoms with Crippen LogP contribution in [0.25, 0.3) is 4.91 Å². The van der Waals surface area contributed by atoms with Gasteiger partial charge in [0.15, 0.2) is 11.8 Å². The Bertz CT molecular complexity index is 797. The van der Waals surface area contributed by atoms with E-state index in [1.807, 2.05) is 0 Å². The molecular formula is C14H10F2N4OS. The molecule has 2 aliphatic heterocycles. The Morgan fingerprint density at radius 2 is 2.18 bits per heavy atom. The number of hydrogen-bond acceptors (Lipinski definition) is 5. The number of amides is 1. The second kappa shape index (κ2) is 5.10. The molecule has 112 valence electrons. The van der Waals surface area contributed by atoms with Crippen LogP contribution in [-0.4, -0.2) is 17.2 Å². The lowest BCUT2D eigenvalue weighted by atomic mass is 9.96. The molecule has 0 saturated heterocycles. The van der Waals surface area contributed by atoms with Gasteiger partial charge in [-0.1, -0.05) is 11.8 Å². The predicted molar refractivity (Wildman–Crippen MR) is 78.3 cm³/mol. The van der Waals surface area contributed by atoms with Crippen LogP contribution in [-0.2, 0) is 4.79 Å². The molecule has 0 aromatic heterocycles. The Balaban J connectivity index is 2.11. The summed E-state index contributed by atoms with van der Waals surface area (Å²) in [4.78, 5) is 16.6. The zero-order chi connectivity index (χ0) is 16.0. The Labute approximate surface area is 128 Å². The summed E-state index contributed by atoms with van der Waals surface area (Å²) in [7, 11) is 0. The summed E-state index contributed by atoms with van der Waals surface area (Å²) in [6, 6.07) is 3.81. The van der Waals surface area contributed by atoms with Crippen molar-refractivity contribution in [3.05, 3.63) is 40.5 Å². The van der Waals surface area contributed by atoms with E-state index in [0.717, 1.165) is 6.07 Å². The maximum absolute atomic E-state index is 14.3. The molecule has 3 rings (SSSR count). The van der Waals surface area contributed by atoms with Gasteiger partial charge in [-0.2, -0.15) is 5.26 Å². The maximum atomic E-state index is 14.3. The number of aliphatic imine (C=N–C) groups is 1. The highest BCUT2D eigenvalue weighted by atomic mass is 32.2. The molecule has 0 radical (unpaired) electrons. The first kappa shape index (κ1) is 14.5. The lowest BCUT2D eigenvalue weighted by Crippen LogP contribution is -2.47. The Morgan fingerprint density at radius 1 is 1.45 bits per heavy atom. The number of benzene rings is 1. The summed E-state index contributed by atoms with van der Waals surface area (Å²) < 4.78 is 27.8. The van der Waals surface area contributed by atoms with Crippen LogP contribution >= 0.6 is 11.8 Å². The topological polar surface area (TPSA) is 91.3 Å². The Hall–Kier alpha value is -2.40. The molecule has 1 amide bonds. The number of guanidine groups is 1. The molecule has 5 nitrogen and oxygen atoms in total. The molecule has 0 spiro atoms. The first-order valence-electron chi connectivity index (χ1n) is 6.34. The molecule has 8 heteroatoms. The quantitative estimate of drug-likeness (QED) is 0.824. The first-order valence-corrected chi connectivity index (χ1v) is 7.22. The van der Waals surface area contributed by atoms with Gasteiger partial charge in [-0.05, 0) is 24.6 Å². The van der Waals surface area contributed by atoms with Crippen molar-refractivity contribution in [1.82, 2.24) is 5.32 Å². The van der Waals surface area contributed by atoms with E-state index < -0.39 is 28.5 Å². The number of hydrogen-bond donors (Lipinski definition) is 2. The number of nitrogens with one attached hydrogen (secondary N) is 1. The SMILES string of the molecule is CC1=C(c2ccc(F)c(C#N)c2F)SC2N=C(N)NC(=O)C12. The molecule has 1 aromatic rings. The van der Waals surface area contributed by atoms with Gasteiger partial charge in [0.25, 0.3) is 0 Å². The molecule has 22 heavy (non-hydrogen) atoms. The number of nitriles is 1. The summed E-state index contributed by atoms with van der Waals surface area (Å²) >= 11 is 1.18. The van der Waals surface area contributed by atoms with Gasteiger partial charge in [-0.3, -0.25) is 10.1 Å². The van der Waals surface area contributed by atoms with Gasteiger partial charge in [0.2, 0.25) is 5.91 Å². The average Bonchev–Trinajstić information content (AvgIpc) is 2.76. The van der Waals surface area contributed by atoms with Crippen LogP contribution in [0.2, 0.25) is 0 Å². The van der Waals surface area contributed by atoms with E-state index in [0.29, 0.717) is 10.5 Å². The van der Waals surface area contributed by atoms with E-state index in [2.05, 4.69) is 10.3 Å². The van der Waals surface area contributed by atoms with Crippen LogP contribution in [0, 0.1) is 28.9 Å². The second-order valence-corrected chi connectivity index (χ2v) is 6.02. The van der Waals surface area contributed by atoms with Crippen molar-refractivity contribution in [2.24, 2.45) is 16.6 Å². The van der Waals surface area contributed by atoms with Crippen LogP contribution in [0.3, 0.4) is 0 Å². The third kappa shape index (κ3) is 2.05. The fourth-order valence-corrected chi connectivity index (χ4v) is 4.01. The van der Waals surface area contributed by atoms with Crippen LogP contribution in [0.1, 0.15) is 18.1 Å². The smallest absolute Gasteiger partial charge is 0.236 e. The van der Waals surface area contributed by atoms with Crippen molar-refractivity contribution in [3.8, 4) is 6.07 Å². The molecule has 2 aliphatic rings. The maximum Gasteiger partial charge on any atom is 0.236 e. The number of nitrogens with two attached hydrogens (primary N) is 1. The van der Waals surface area contributed by atoms with Gasteiger partial charge in [0, 0.05) is 10.5 Å². The van der Waals surface area contributed by atoms with Crippen molar-refractivity contribution < 1.29 is 13.6 Å². The van der Waals surface area contributed by atoms with Crippen molar-refractivity contribution in [2.45, 2.75) is 12.3 Å². The normalized spacial score (nSPS) is 23.7. The summed E-state index contributed by atoms with van der Waals surface area (Å²) in [5, 5.41) is 10.8. The molecular weight excluding hydrogens is 310 g/mol. The number of thioether (sulfide) groups is 1. The number of halogens is 2. The minimum absolute atomic E-state index is 0.0186. The average molecular weight is 320 g/mol. The van der Waals surface area contributed by atoms with Gasteiger partial charge < -0.3 is 5.73 Å². The van der Waals surface area contributed by atoms with Crippen LogP contribution in [0.5, 0.6) is 0 Å². The van der Waals surface area contributed by atoms with E-state index in [-0.39, 0.29) is 17.4 Å². The molecule has 2 heterocycles.